The van der Waals surface area contributed by atoms with Crippen LogP contribution in [0.15, 0.2) is 76.7 Å². The van der Waals surface area contributed by atoms with E-state index in [9.17, 15) is 18.6 Å². The first-order valence-electron chi connectivity index (χ1n) is 8.03. The molecule has 0 aliphatic heterocycles. The number of sulfonamides is 1. The number of hydrogen-bond donors (Lipinski definition) is 4. The van der Waals surface area contributed by atoms with Crippen molar-refractivity contribution in [3.8, 4) is 11.5 Å². The Bertz CT molecular complexity index is 1100. The molecule has 0 spiro atoms. The van der Waals surface area contributed by atoms with Gasteiger partial charge in [-0.15, -0.1) is 0 Å². The second-order valence-corrected chi connectivity index (χ2v) is 7.87. The predicted octanol–water partition coefficient (Wildman–Crippen LogP) is 4.00. The number of hydrazone groups is 1. The molecule has 3 aromatic rings. The molecule has 0 bridgehead atoms. The van der Waals surface area contributed by atoms with Crippen molar-refractivity contribution >= 4 is 39.2 Å². The van der Waals surface area contributed by atoms with Crippen molar-refractivity contribution < 1.29 is 18.6 Å². The Morgan fingerprint density at radius 3 is 2.14 bits per heavy atom. The lowest BCUT2D eigenvalue weighted by molar-refractivity contribution is 0.403. The summed E-state index contributed by atoms with van der Waals surface area (Å²) in [5.74, 6) is -0.442. The van der Waals surface area contributed by atoms with E-state index in [-0.39, 0.29) is 16.4 Å². The van der Waals surface area contributed by atoms with Gasteiger partial charge in [-0.25, -0.2) is 8.42 Å². The summed E-state index contributed by atoms with van der Waals surface area (Å²) in [6, 6.07) is 16.7. The fourth-order valence-electron chi connectivity index (χ4n) is 2.24. The van der Waals surface area contributed by atoms with Gasteiger partial charge in [-0.2, -0.15) is 5.10 Å². The molecule has 0 saturated heterocycles. The van der Waals surface area contributed by atoms with Gasteiger partial charge in [0.25, 0.3) is 10.0 Å². The summed E-state index contributed by atoms with van der Waals surface area (Å²) in [7, 11) is -3.71. The Morgan fingerprint density at radius 1 is 0.857 bits per heavy atom. The van der Waals surface area contributed by atoms with Crippen LogP contribution >= 0.6 is 11.6 Å². The molecule has 0 unspecified atom stereocenters. The molecule has 28 heavy (non-hydrogen) atoms. The van der Waals surface area contributed by atoms with E-state index < -0.39 is 10.0 Å². The number of benzene rings is 3. The van der Waals surface area contributed by atoms with Crippen LogP contribution in [-0.2, 0) is 10.0 Å². The normalized spacial score (nSPS) is 11.5. The fourth-order valence-corrected chi connectivity index (χ4v) is 3.43. The van der Waals surface area contributed by atoms with Gasteiger partial charge in [-0.05, 0) is 72.3 Å². The Hall–Kier alpha value is -3.23. The number of rotatable bonds is 6. The topological polar surface area (TPSA) is 111 Å². The van der Waals surface area contributed by atoms with E-state index in [1.54, 1.807) is 30.3 Å². The van der Waals surface area contributed by atoms with Gasteiger partial charge in [0, 0.05) is 10.7 Å². The zero-order valence-electron chi connectivity index (χ0n) is 14.4. The van der Waals surface area contributed by atoms with Crippen molar-refractivity contribution in [2.24, 2.45) is 5.10 Å². The molecule has 0 atom stereocenters. The minimum atomic E-state index is -3.71. The van der Waals surface area contributed by atoms with Crippen molar-refractivity contribution in [1.82, 2.24) is 0 Å². The van der Waals surface area contributed by atoms with Crippen LogP contribution in [0.4, 0.5) is 11.4 Å². The molecule has 3 rings (SSSR count). The summed E-state index contributed by atoms with van der Waals surface area (Å²) in [6.45, 7) is 0. The molecule has 0 heterocycles. The summed E-state index contributed by atoms with van der Waals surface area (Å²) < 4.78 is 27.2. The van der Waals surface area contributed by atoms with Crippen LogP contribution in [0.2, 0.25) is 5.02 Å². The maximum Gasteiger partial charge on any atom is 0.261 e. The minimum absolute atomic E-state index is 0.112. The first-order chi connectivity index (χ1) is 13.3. The summed E-state index contributed by atoms with van der Waals surface area (Å²) in [4.78, 5) is 0.112. The summed E-state index contributed by atoms with van der Waals surface area (Å²) in [6.07, 6.45) is 1.47. The molecule has 0 aliphatic carbocycles. The molecule has 144 valence electrons. The molecule has 0 fully saturated rings. The standard InChI is InChI=1S/C19H16ClN3O4S/c20-14-2-8-17(9-3-14)28(26,27)23-16-6-4-15(5-7-16)22-21-12-13-1-10-18(24)19(25)11-13/h1-12,22-25H/b21-12+. The highest BCUT2D eigenvalue weighted by Gasteiger charge is 2.13. The number of nitrogens with zero attached hydrogens (tertiary/aromatic N) is 1. The Labute approximate surface area is 167 Å². The Kier molecular flexibility index (Phi) is 5.72. The molecule has 3 aromatic carbocycles. The van der Waals surface area contributed by atoms with E-state index in [1.165, 1.54) is 42.6 Å². The third-order valence-electron chi connectivity index (χ3n) is 3.67. The smallest absolute Gasteiger partial charge is 0.261 e. The molecular weight excluding hydrogens is 402 g/mol. The minimum Gasteiger partial charge on any atom is -0.504 e. The van der Waals surface area contributed by atoms with Crippen molar-refractivity contribution in [2.75, 3.05) is 10.1 Å². The predicted molar refractivity (Wildman–Crippen MR) is 110 cm³/mol. The quantitative estimate of drug-likeness (QED) is 0.275. The van der Waals surface area contributed by atoms with E-state index in [0.29, 0.717) is 22.0 Å². The monoisotopic (exact) mass is 417 g/mol. The van der Waals surface area contributed by atoms with Crippen LogP contribution in [0.25, 0.3) is 0 Å². The first kappa shape index (κ1) is 19.5. The lowest BCUT2D eigenvalue weighted by Crippen LogP contribution is -2.12. The molecule has 0 amide bonds. The van der Waals surface area contributed by atoms with Crippen LogP contribution < -0.4 is 10.1 Å². The highest BCUT2D eigenvalue weighted by Crippen LogP contribution is 2.24. The highest BCUT2D eigenvalue weighted by molar-refractivity contribution is 7.92. The van der Waals surface area contributed by atoms with Gasteiger partial charge in [0.15, 0.2) is 11.5 Å². The van der Waals surface area contributed by atoms with Crippen LogP contribution in [-0.4, -0.2) is 24.8 Å². The molecule has 0 radical (unpaired) electrons. The van der Waals surface area contributed by atoms with Crippen molar-refractivity contribution in [3.05, 3.63) is 77.3 Å². The lowest BCUT2D eigenvalue weighted by atomic mass is 10.2. The van der Waals surface area contributed by atoms with Crippen LogP contribution in [0, 0.1) is 0 Å². The lowest BCUT2D eigenvalue weighted by Gasteiger charge is -2.09. The largest absolute Gasteiger partial charge is 0.504 e. The zero-order chi connectivity index (χ0) is 20.1. The number of aromatic hydroxyl groups is 2. The van der Waals surface area contributed by atoms with Crippen molar-refractivity contribution in [1.29, 1.82) is 0 Å². The van der Waals surface area contributed by atoms with Crippen LogP contribution in [0.3, 0.4) is 0 Å². The first-order valence-corrected chi connectivity index (χ1v) is 9.89. The number of nitrogens with one attached hydrogen (secondary N) is 2. The van der Waals surface area contributed by atoms with Gasteiger partial charge in [0.2, 0.25) is 0 Å². The van der Waals surface area contributed by atoms with Gasteiger partial charge in [0.1, 0.15) is 0 Å². The van der Waals surface area contributed by atoms with Crippen LogP contribution in [0.5, 0.6) is 11.5 Å². The fraction of sp³-hybridized carbons (Fsp3) is 0. The van der Waals surface area contributed by atoms with Gasteiger partial charge in [-0.1, -0.05) is 11.6 Å². The molecule has 0 aliphatic rings. The van der Waals surface area contributed by atoms with Crippen LogP contribution in [0.1, 0.15) is 5.56 Å². The molecule has 9 heteroatoms. The zero-order valence-corrected chi connectivity index (χ0v) is 15.9. The third-order valence-corrected chi connectivity index (χ3v) is 5.32. The van der Waals surface area contributed by atoms with E-state index in [0.717, 1.165) is 0 Å². The van der Waals surface area contributed by atoms with E-state index in [2.05, 4.69) is 15.2 Å². The van der Waals surface area contributed by atoms with Gasteiger partial charge in [0.05, 0.1) is 16.8 Å². The highest BCUT2D eigenvalue weighted by atomic mass is 35.5. The average Bonchev–Trinajstić information content (AvgIpc) is 2.66. The van der Waals surface area contributed by atoms with Gasteiger partial charge < -0.3 is 10.2 Å². The molecule has 0 saturated carbocycles. The molecular formula is C19H16ClN3O4S. The maximum absolute atomic E-state index is 12.3. The Balaban J connectivity index is 1.63. The van der Waals surface area contributed by atoms with Crippen molar-refractivity contribution in [2.45, 2.75) is 4.90 Å². The molecule has 0 aromatic heterocycles. The summed E-state index contributed by atoms with van der Waals surface area (Å²) >= 11 is 5.78. The molecule has 7 nitrogen and oxygen atoms in total. The van der Waals surface area contributed by atoms with Gasteiger partial charge >= 0.3 is 0 Å². The Morgan fingerprint density at radius 2 is 1.50 bits per heavy atom. The SMILES string of the molecule is O=S(=O)(Nc1ccc(N/N=C/c2ccc(O)c(O)c2)cc1)c1ccc(Cl)cc1. The molecule has 4 N–H and O–H groups in total. The number of phenols is 2. The third kappa shape index (κ3) is 4.93. The maximum atomic E-state index is 12.3. The second kappa shape index (κ2) is 8.20. The van der Waals surface area contributed by atoms with E-state index >= 15 is 0 Å². The average molecular weight is 418 g/mol. The number of hydrogen-bond acceptors (Lipinski definition) is 6. The van der Waals surface area contributed by atoms with Gasteiger partial charge in [-0.3, -0.25) is 10.1 Å². The summed E-state index contributed by atoms with van der Waals surface area (Å²) in [5.41, 5.74) is 4.41. The second-order valence-electron chi connectivity index (χ2n) is 5.75. The van der Waals surface area contributed by atoms with E-state index in [1.807, 2.05) is 0 Å². The van der Waals surface area contributed by atoms with E-state index in [4.69, 9.17) is 11.6 Å². The van der Waals surface area contributed by atoms with Crippen molar-refractivity contribution in [3.63, 3.8) is 0 Å². The number of halogens is 1. The number of phenolic OH excluding ortho intramolecular Hbond substituents is 2. The summed E-state index contributed by atoms with van der Waals surface area (Å²) in [5, 5.41) is 23.2. The number of anilines is 2.